The Morgan fingerprint density at radius 1 is 1.42 bits per heavy atom. The van der Waals surface area contributed by atoms with Crippen LogP contribution in [0.5, 0.6) is 0 Å². The van der Waals surface area contributed by atoms with Gasteiger partial charge in [-0.2, -0.15) is 0 Å². The second kappa shape index (κ2) is 5.45. The van der Waals surface area contributed by atoms with Crippen LogP contribution in [-0.4, -0.2) is 23.1 Å². The molecule has 2 aromatic heterocycles. The SMILES string of the molecule is CCNc1nc(-c2ccc(Cl)s2)nc2c1COCC2. The molecule has 0 unspecified atom stereocenters. The van der Waals surface area contributed by atoms with Crippen molar-refractivity contribution >= 4 is 28.8 Å². The third kappa shape index (κ3) is 2.59. The number of ether oxygens (including phenoxy) is 1. The first kappa shape index (κ1) is 12.8. The van der Waals surface area contributed by atoms with Crippen LogP contribution in [0.1, 0.15) is 18.2 Å². The number of rotatable bonds is 3. The minimum Gasteiger partial charge on any atom is -0.376 e. The van der Waals surface area contributed by atoms with Gasteiger partial charge in [0.2, 0.25) is 0 Å². The van der Waals surface area contributed by atoms with Gasteiger partial charge < -0.3 is 10.1 Å². The predicted molar refractivity (Wildman–Crippen MR) is 77.9 cm³/mol. The fourth-order valence-corrected chi connectivity index (χ4v) is 3.07. The van der Waals surface area contributed by atoms with E-state index in [2.05, 4.69) is 22.2 Å². The molecular formula is C13H14ClN3OS. The Labute approximate surface area is 120 Å². The normalized spacial score (nSPS) is 14.2. The summed E-state index contributed by atoms with van der Waals surface area (Å²) in [6.07, 6.45) is 0.836. The highest BCUT2D eigenvalue weighted by Gasteiger charge is 2.19. The summed E-state index contributed by atoms with van der Waals surface area (Å²) < 4.78 is 6.25. The van der Waals surface area contributed by atoms with E-state index in [0.717, 1.165) is 51.7 Å². The van der Waals surface area contributed by atoms with Crippen LogP contribution in [0.3, 0.4) is 0 Å². The quantitative estimate of drug-likeness (QED) is 0.943. The highest BCUT2D eigenvalue weighted by atomic mass is 35.5. The molecule has 2 aromatic rings. The number of nitrogens with zero attached hydrogens (tertiary/aromatic N) is 2. The summed E-state index contributed by atoms with van der Waals surface area (Å²) in [5.41, 5.74) is 2.16. The lowest BCUT2D eigenvalue weighted by Crippen LogP contribution is -2.17. The molecule has 1 aliphatic heterocycles. The molecule has 6 heteroatoms. The molecule has 0 aliphatic carbocycles. The van der Waals surface area contributed by atoms with Crippen LogP contribution in [0.2, 0.25) is 4.34 Å². The Balaban J connectivity index is 2.08. The van der Waals surface area contributed by atoms with Crippen LogP contribution < -0.4 is 5.32 Å². The molecule has 0 saturated carbocycles. The van der Waals surface area contributed by atoms with Crippen molar-refractivity contribution in [2.75, 3.05) is 18.5 Å². The van der Waals surface area contributed by atoms with Gasteiger partial charge in [0.25, 0.3) is 0 Å². The zero-order valence-corrected chi connectivity index (χ0v) is 12.1. The number of anilines is 1. The maximum Gasteiger partial charge on any atom is 0.171 e. The van der Waals surface area contributed by atoms with Crippen LogP contribution >= 0.6 is 22.9 Å². The molecule has 1 aliphatic rings. The van der Waals surface area contributed by atoms with Gasteiger partial charge in [0.15, 0.2) is 5.82 Å². The minimum absolute atomic E-state index is 0.586. The number of hydrogen-bond acceptors (Lipinski definition) is 5. The molecule has 0 saturated heterocycles. The molecule has 0 radical (unpaired) electrons. The lowest BCUT2D eigenvalue weighted by Gasteiger charge is -2.19. The molecular weight excluding hydrogens is 282 g/mol. The monoisotopic (exact) mass is 295 g/mol. The number of aromatic nitrogens is 2. The van der Waals surface area contributed by atoms with E-state index in [9.17, 15) is 0 Å². The lowest BCUT2D eigenvalue weighted by molar-refractivity contribution is 0.109. The number of fused-ring (bicyclic) bond motifs is 1. The standard InChI is InChI=1S/C13H14ClN3OS/c1-2-15-12-8-7-18-6-5-9(8)16-13(17-12)10-3-4-11(14)19-10/h3-4H,2,5-7H2,1H3,(H,15,16,17). The molecule has 0 aromatic carbocycles. The fourth-order valence-electron chi connectivity index (χ4n) is 2.09. The highest BCUT2D eigenvalue weighted by Crippen LogP contribution is 2.31. The van der Waals surface area contributed by atoms with E-state index in [0.29, 0.717) is 6.61 Å². The number of hydrogen-bond donors (Lipinski definition) is 1. The smallest absolute Gasteiger partial charge is 0.171 e. The first-order valence-electron chi connectivity index (χ1n) is 6.25. The lowest BCUT2D eigenvalue weighted by atomic mass is 10.1. The molecule has 0 spiro atoms. The van der Waals surface area contributed by atoms with Gasteiger partial charge in [0.1, 0.15) is 5.82 Å². The maximum absolute atomic E-state index is 5.98. The van der Waals surface area contributed by atoms with Crippen LogP contribution in [0.25, 0.3) is 10.7 Å². The van der Waals surface area contributed by atoms with E-state index in [-0.39, 0.29) is 0 Å². The Morgan fingerprint density at radius 3 is 3.05 bits per heavy atom. The third-order valence-corrected chi connectivity index (χ3v) is 4.19. The van der Waals surface area contributed by atoms with Gasteiger partial charge >= 0.3 is 0 Å². The molecule has 0 fully saturated rings. The second-order valence-corrected chi connectivity index (χ2v) is 5.97. The van der Waals surface area contributed by atoms with Crippen LogP contribution in [0, 0.1) is 0 Å². The van der Waals surface area contributed by atoms with E-state index < -0.39 is 0 Å². The van der Waals surface area contributed by atoms with Gasteiger partial charge in [-0.05, 0) is 19.1 Å². The average molecular weight is 296 g/mol. The molecule has 4 nitrogen and oxygen atoms in total. The average Bonchev–Trinajstić information content (AvgIpc) is 2.86. The summed E-state index contributed by atoms with van der Waals surface area (Å²) in [7, 11) is 0. The van der Waals surface area contributed by atoms with Crippen molar-refractivity contribution in [1.82, 2.24) is 9.97 Å². The van der Waals surface area contributed by atoms with Crippen molar-refractivity contribution in [3.8, 4) is 10.7 Å². The van der Waals surface area contributed by atoms with Crippen LogP contribution in [0.15, 0.2) is 12.1 Å². The van der Waals surface area contributed by atoms with Crippen molar-refractivity contribution in [2.24, 2.45) is 0 Å². The second-order valence-electron chi connectivity index (χ2n) is 4.26. The Bertz CT molecular complexity index is 600. The van der Waals surface area contributed by atoms with Crippen LogP contribution in [0.4, 0.5) is 5.82 Å². The molecule has 19 heavy (non-hydrogen) atoms. The molecule has 3 heterocycles. The van der Waals surface area contributed by atoms with E-state index >= 15 is 0 Å². The fraction of sp³-hybridized carbons (Fsp3) is 0.385. The third-order valence-electron chi connectivity index (χ3n) is 2.96. The van der Waals surface area contributed by atoms with Crippen molar-refractivity contribution in [3.63, 3.8) is 0 Å². The summed E-state index contributed by atoms with van der Waals surface area (Å²) in [5.74, 6) is 1.63. The van der Waals surface area contributed by atoms with E-state index in [1.165, 1.54) is 11.3 Å². The molecule has 0 bridgehead atoms. The van der Waals surface area contributed by atoms with Crippen LogP contribution in [-0.2, 0) is 17.8 Å². The summed E-state index contributed by atoms with van der Waals surface area (Å²) in [4.78, 5) is 10.3. The zero-order chi connectivity index (χ0) is 13.2. The number of nitrogens with one attached hydrogen (secondary N) is 1. The van der Waals surface area contributed by atoms with E-state index in [1.807, 2.05) is 12.1 Å². The number of thiophene rings is 1. The van der Waals surface area contributed by atoms with Gasteiger partial charge in [-0.1, -0.05) is 11.6 Å². The molecule has 3 rings (SSSR count). The molecule has 0 amide bonds. The number of halogens is 1. The molecule has 100 valence electrons. The first-order valence-corrected chi connectivity index (χ1v) is 7.44. The van der Waals surface area contributed by atoms with Crippen molar-refractivity contribution in [1.29, 1.82) is 0 Å². The van der Waals surface area contributed by atoms with Gasteiger partial charge in [0, 0.05) is 18.5 Å². The highest BCUT2D eigenvalue weighted by molar-refractivity contribution is 7.19. The minimum atomic E-state index is 0.586. The Hall–Kier alpha value is -1.17. The van der Waals surface area contributed by atoms with Gasteiger partial charge in [-0.15, -0.1) is 11.3 Å². The summed E-state index contributed by atoms with van der Waals surface area (Å²) in [6.45, 7) is 4.19. The summed E-state index contributed by atoms with van der Waals surface area (Å²) in [5, 5.41) is 3.29. The van der Waals surface area contributed by atoms with Gasteiger partial charge in [-0.3, -0.25) is 0 Å². The summed E-state index contributed by atoms with van der Waals surface area (Å²) in [6, 6.07) is 3.84. The zero-order valence-electron chi connectivity index (χ0n) is 10.6. The van der Waals surface area contributed by atoms with Gasteiger partial charge in [0.05, 0.1) is 28.1 Å². The predicted octanol–water partition coefficient (Wildman–Crippen LogP) is 3.36. The maximum atomic E-state index is 5.98. The van der Waals surface area contributed by atoms with Crippen molar-refractivity contribution in [2.45, 2.75) is 20.0 Å². The molecule has 1 N–H and O–H groups in total. The molecule has 0 atom stereocenters. The van der Waals surface area contributed by atoms with Crippen molar-refractivity contribution < 1.29 is 4.74 Å². The van der Waals surface area contributed by atoms with E-state index in [4.69, 9.17) is 16.3 Å². The van der Waals surface area contributed by atoms with Gasteiger partial charge in [-0.25, -0.2) is 9.97 Å². The summed E-state index contributed by atoms with van der Waals surface area (Å²) >= 11 is 7.48. The Kier molecular flexibility index (Phi) is 3.68. The topological polar surface area (TPSA) is 47.0 Å². The Morgan fingerprint density at radius 2 is 2.32 bits per heavy atom. The largest absolute Gasteiger partial charge is 0.376 e. The van der Waals surface area contributed by atoms with Crippen molar-refractivity contribution in [3.05, 3.63) is 27.7 Å². The van der Waals surface area contributed by atoms with E-state index in [1.54, 1.807) is 0 Å². The first-order chi connectivity index (χ1) is 9.28.